The zero-order chi connectivity index (χ0) is 18.3. The number of benzene rings is 1. The maximum atomic E-state index is 12.4. The molecule has 1 atom stereocenters. The predicted octanol–water partition coefficient (Wildman–Crippen LogP) is 3.17. The van der Waals surface area contributed by atoms with Crippen LogP contribution < -0.4 is 10.2 Å². The van der Waals surface area contributed by atoms with Gasteiger partial charge in [-0.05, 0) is 60.6 Å². The number of aromatic nitrogens is 2. The van der Waals surface area contributed by atoms with Gasteiger partial charge in [-0.2, -0.15) is 0 Å². The van der Waals surface area contributed by atoms with Crippen LogP contribution in [0.2, 0.25) is 0 Å². The molecule has 1 saturated heterocycles. The van der Waals surface area contributed by atoms with E-state index < -0.39 is 0 Å². The number of carbonyl (C=O) groups is 1. The maximum Gasteiger partial charge on any atom is 0.225 e. The van der Waals surface area contributed by atoms with Crippen LogP contribution in [0.3, 0.4) is 0 Å². The zero-order valence-corrected chi connectivity index (χ0v) is 15.6. The Hall–Kier alpha value is -2.43. The van der Waals surface area contributed by atoms with Crippen molar-refractivity contribution in [1.82, 2.24) is 15.3 Å². The van der Waals surface area contributed by atoms with Crippen molar-refractivity contribution in [3.8, 4) is 0 Å². The smallest absolute Gasteiger partial charge is 0.225 e. The number of hydrogen-bond acceptors (Lipinski definition) is 4. The Kier molecular flexibility index (Phi) is 4.10. The van der Waals surface area contributed by atoms with Gasteiger partial charge >= 0.3 is 0 Å². The lowest BCUT2D eigenvalue weighted by atomic mass is 9.73. The van der Waals surface area contributed by atoms with Gasteiger partial charge in [0.05, 0.1) is 0 Å². The summed E-state index contributed by atoms with van der Waals surface area (Å²) in [4.78, 5) is 23.5. The second kappa shape index (κ2) is 6.63. The van der Waals surface area contributed by atoms with Crippen molar-refractivity contribution in [1.29, 1.82) is 0 Å². The molecule has 27 heavy (non-hydrogen) atoms. The van der Waals surface area contributed by atoms with Gasteiger partial charge in [-0.25, -0.2) is 9.97 Å². The number of anilines is 1. The highest BCUT2D eigenvalue weighted by molar-refractivity contribution is 5.78. The van der Waals surface area contributed by atoms with Crippen molar-refractivity contribution in [3.63, 3.8) is 0 Å². The summed E-state index contributed by atoms with van der Waals surface area (Å²) >= 11 is 0. The third-order valence-corrected chi connectivity index (χ3v) is 6.54. The van der Waals surface area contributed by atoms with Crippen LogP contribution in [-0.4, -0.2) is 35.0 Å². The van der Waals surface area contributed by atoms with E-state index in [4.69, 9.17) is 0 Å². The summed E-state index contributed by atoms with van der Waals surface area (Å²) in [6, 6.07) is 11.1. The molecule has 5 rings (SSSR count). The summed E-state index contributed by atoms with van der Waals surface area (Å²) in [6.45, 7) is 1.94. The minimum Gasteiger partial charge on any atom is -0.353 e. The average Bonchev–Trinajstić information content (AvgIpc) is 3.47. The first-order chi connectivity index (χ1) is 13.2. The van der Waals surface area contributed by atoms with Gasteiger partial charge in [0.1, 0.15) is 0 Å². The van der Waals surface area contributed by atoms with E-state index in [1.165, 1.54) is 11.1 Å². The lowest BCUT2D eigenvalue weighted by molar-refractivity contribution is -0.121. The van der Waals surface area contributed by atoms with Crippen LogP contribution >= 0.6 is 0 Å². The number of nitrogens with zero attached hydrogens (tertiary/aromatic N) is 3. The van der Waals surface area contributed by atoms with Gasteiger partial charge in [-0.3, -0.25) is 4.79 Å². The van der Waals surface area contributed by atoms with Crippen LogP contribution in [0.5, 0.6) is 0 Å². The Morgan fingerprint density at radius 3 is 2.59 bits per heavy atom. The van der Waals surface area contributed by atoms with Crippen LogP contribution in [0.15, 0.2) is 42.7 Å². The number of rotatable bonds is 4. The highest BCUT2D eigenvalue weighted by Crippen LogP contribution is 2.52. The zero-order valence-electron chi connectivity index (χ0n) is 15.6. The molecule has 1 aliphatic heterocycles. The number of amides is 1. The van der Waals surface area contributed by atoms with E-state index in [1.54, 1.807) is 0 Å². The fourth-order valence-electron chi connectivity index (χ4n) is 5.01. The lowest BCUT2D eigenvalue weighted by Crippen LogP contribution is -2.42. The summed E-state index contributed by atoms with van der Waals surface area (Å²) in [5.74, 6) is 1.41. The molecule has 3 aliphatic rings. The fraction of sp³-hybridized carbons (Fsp3) is 0.500. The van der Waals surface area contributed by atoms with Crippen LogP contribution in [0.25, 0.3) is 0 Å². The van der Waals surface area contributed by atoms with E-state index in [0.29, 0.717) is 18.4 Å². The molecule has 1 unspecified atom stereocenters. The third kappa shape index (κ3) is 3.20. The summed E-state index contributed by atoms with van der Waals surface area (Å²) in [5.41, 5.74) is 3.07. The minimum absolute atomic E-state index is 0.201. The molecule has 2 fully saturated rings. The molecule has 1 aromatic heterocycles. The molecule has 1 saturated carbocycles. The molecule has 2 aromatic rings. The highest BCUT2D eigenvalue weighted by atomic mass is 16.1. The van der Waals surface area contributed by atoms with Crippen molar-refractivity contribution in [2.24, 2.45) is 0 Å². The third-order valence-electron chi connectivity index (χ3n) is 6.54. The first kappa shape index (κ1) is 16.7. The topological polar surface area (TPSA) is 58.1 Å². The molecular formula is C22H26N4O. The molecule has 1 spiro atoms. The first-order valence-corrected chi connectivity index (χ1v) is 10.1. The number of fused-ring (bicyclic) bond motifs is 2. The fourth-order valence-corrected chi connectivity index (χ4v) is 5.01. The van der Waals surface area contributed by atoms with E-state index in [2.05, 4.69) is 44.5 Å². The van der Waals surface area contributed by atoms with Crippen LogP contribution in [0, 0.1) is 0 Å². The van der Waals surface area contributed by atoms with Gasteiger partial charge in [0.15, 0.2) is 0 Å². The first-order valence-electron chi connectivity index (χ1n) is 10.1. The summed E-state index contributed by atoms with van der Waals surface area (Å²) < 4.78 is 0. The van der Waals surface area contributed by atoms with Crippen LogP contribution in [0.1, 0.15) is 55.6 Å². The van der Waals surface area contributed by atoms with Gasteiger partial charge in [0.2, 0.25) is 11.9 Å². The van der Waals surface area contributed by atoms with Crippen LogP contribution in [0.4, 0.5) is 5.95 Å². The van der Waals surface area contributed by atoms with E-state index in [-0.39, 0.29) is 11.3 Å². The Labute approximate surface area is 160 Å². The van der Waals surface area contributed by atoms with Gasteiger partial charge in [-0.1, -0.05) is 24.3 Å². The molecule has 0 bridgehead atoms. The summed E-state index contributed by atoms with van der Waals surface area (Å²) in [7, 11) is 0. The van der Waals surface area contributed by atoms with Gasteiger partial charge in [-0.15, -0.1) is 0 Å². The minimum atomic E-state index is 0.201. The van der Waals surface area contributed by atoms with Crippen molar-refractivity contribution >= 4 is 11.9 Å². The normalized spacial score (nSPS) is 23.3. The maximum absolute atomic E-state index is 12.4. The van der Waals surface area contributed by atoms with Gasteiger partial charge in [0.25, 0.3) is 0 Å². The Morgan fingerprint density at radius 2 is 1.85 bits per heavy atom. The molecule has 2 aliphatic carbocycles. The van der Waals surface area contributed by atoms with Crippen LogP contribution in [-0.2, 0) is 10.2 Å². The average molecular weight is 362 g/mol. The summed E-state index contributed by atoms with van der Waals surface area (Å²) in [5, 5.41) is 3.17. The number of hydrogen-bond donors (Lipinski definition) is 1. The lowest BCUT2D eigenvalue weighted by Gasteiger charge is -2.40. The Bertz CT molecular complexity index is 825. The molecule has 140 valence electrons. The summed E-state index contributed by atoms with van der Waals surface area (Å²) in [6.07, 6.45) is 9.83. The van der Waals surface area contributed by atoms with E-state index in [0.717, 1.165) is 51.1 Å². The number of carbonyl (C=O) groups excluding carboxylic acids is 1. The molecule has 1 aromatic carbocycles. The van der Waals surface area contributed by atoms with E-state index in [9.17, 15) is 4.79 Å². The van der Waals surface area contributed by atoms with Gasteiger partial charge in [0, 0.05) is 37.9 Å². The number of nitrogens with one attached hydrogen (secondary N) is 1. The van der Waals surface area contributed by atoms with Crippen molar-refractivity contribution < 1.29 is 4.79 Å². The molecule has 0 radical (unpaired) electrons. The van der Waals surface area contributed by atoms with E-state index >= 15 is 0 Å². The van der Waals surface area contributed by atoms with Crippen molar-refractivity contribution in [2.75, 3.05) is 18.0 Å². The monoisotopic (exact) mass is 362 g/mol. The standard InChI is InChI=1S/C22H26N4O/c27-20(25-17-6-7-17)14-16-15-22(19-5-2-1-4-18(16)19)8-12-26(13-9-22)21-23-10-3-11-24-21/h1-5,10-11,16-17H,6-9,12-15H2,(H,25,27). The second-order valence-electron chi connectivity index (χ2n) is 8.35. The van der Waals surface area contributed by atoms with Gasteiger partial charge < -0.3 is 10.2 Å². The Balaban J connectivity index is 1.33. The highest BCUT2D eigenvalue weighted by Gasteiger charge is 2.46. The van der Waals surface area contributed by atoms with Crippen molar-refractivity contribution in [2.45, 2.75) is 55.9 Å². The predicted molar refractivity (Wildman–Crippen MR) is 105 cm³/mol. The molecule has 2 heterocycles. The number of piperidine rings is 1. The molecule has 5 nitrogen and oxygen atoms in total. The largest absolute Gasteiger partial charge is 0.353 e. The molecular weight excluding hydrogens is 336 g/mol. The SMILES string of the molecule is O=C(CC1CC2(CCN(c3ncccn3)CC2)c2ccccc21)NC1CC1. The molecule has 1 amide bonds. The molecule has 1 N–H and O–H groups in total. The second-order valence-corrected chi connectivity index (χ2v) is 8.35. The molecule has 5 heteroatoms. The van der Waals surface area contributed by atoms with Crippen molar-refractivity contribution in [3.05, 3.63) is 53.9 Å². The Morgan fingerprint density at radius 1 is 1.11 bits per heavy atom. The van der Waals surface area contributed by atoms with E-state index in [1.807, 2.05) is 18.5 Å². The quantitative estimate of drug-likeness (QED) is 0.908.